The Hall–Kier alpha value is -2.17. The molecule has 2 aromatic carbocycles. The lowest BCUT2D eigenvalue weighted by Crippen LogP contribution is -2.38. The van der Waals surface area contributed by atoms with Crippen LogP contribution in [0.3, 0.4) is 0 Å². The Labute approximate surface area is 154 Å². The second kappa shape index (κ2) is 6.53. The number of morpholine rings is 1. The molecule has 3 aromatic rings. The van der Waals surface area contributed by atoms with Crippen molar-refractivity contribution >= 4 is 27.5 Å². The van der Waals surface area contributed by atoms with Gasteiger partial charge in [0, 0.05) is 42.6 Å². The van der Waals surface area contributed by atoms with E-state index in [1.54, 1.807) is 0 Å². The summed E-state index contributed by atoms with van der Waals surface area (Å²) in [5.41, 5.74) is 6.32. The first kappa shape index (κ1) is 16.0. The van der Waals surface area contributed by atoms with Gasteiger partial charge in [-0.05, 0) is 49.6 Å². The molecule has 3 heterocycles. The molecule has 5 rings (SSSR count). The van der Waals surface area contributed by atoms with Crippen molar-refractivity contribution in [2.75, 3.05) is 31.1 Å². The van der Waals surface area contributed by atoms with Crippen LogP contribution in [0, 0.1) is 6.92 Å². The van der Waals surface area contributed by atoms with Crippen LogP contribution >= 0.6 is 0 Å². The molecule has 1 fully saturated rings. The number of anilines is 1. The highest BCUT2D eigenvalue weighted by molar-refractivity contribution is 6.06. The Bertz CT molecular complexity index is 962. The van der Waals surface area contributed by atoms with Crippen molar-refractivity contribution in [2.45, 2.75) is 32.4 Å². The standard InChI is InChI=1S/C22H25N3O/c1-15-7-8-19-17(12-15)18-14-25(10-3-4-16-13-23-9-11-26-16)21-6-2-5-20(24-19)22(18)21/h2,5-8,12,16,23H,3-4,9-11,13-14H2,1H3. The highest BCUT2D eigenvalue weighted by Crippen LogP contribution is 2.40. The molecule has 0 spiro atoms. The number of hydrogen-bond acceptors (Lipinski definition) is 4. The molecule has 134 valence electrons. The van der Waals surface area contributed by atoms with Crippen LogP contribution in [0.2, 0.25) is 0 Å². The molecule has 0 aliphatic carbocycles. The molecular formula is C22H25N3O. The summed E-state index contributed by atoms with van der Waals surface area (Å²) in [5.74, 6) is 0. The van der Waals surface area contributed by atoms with Crippen LogP contribution in [0.4, 0.5) is 5.69 Å². The number of aryl methyl sites for hydroxylation is 1. The van der Waals surface area contributed by atoms with E-state index in [-0.39, 0.29) is 0 Å². The van der Waals surface area contributed by atoms with Gasteiger partial charge in [-0.1, -0.05) is 17.7 Å². The molecule has 1 N–H and O–H groups in total. The fraction of sp³-hybridized carbons (Fsp3) is 0.409. The van der Waals surface area contributed by atoms with E-state index in [0.717, 1.165) is 56.7 Å². The molecule has 4 nitrogen and oxygen atoms in total. The monoisotopic (exact) mass is 347 g/mol. The smallest absolute Gasteiger partial charge is 0.0734 e. The molecule has 0 amide bonds. The normalized spacial score (nSPS) is 19.6. The summed E-state index contributed by atoms with van der Waals surface area (Å²) < 4.78 is 5.84. The maximum atomic E-state index is 5.84. The van der Waals surface area contributed by atoms with Crippen LogP contribution in [0.25, 0.3) is 21.8 Å². The van der Waals surface area contributed by atoms with E-state index in [9.17, 15) is 0 Å². The molecule has 0 radical (unpaired) electrons. The summed E-state index contributed by atoms with van der Waals surface area (Å²) in [7, 11) is 0. The van der Waals surface area contributed by atoms with Crippen molar-refractivity contribution in [2.24, 2.45) is 0 Å². The zero-order valence-electron chi connectivity index (χ0n) is 15.3. The minimum absolute atomic E-state index is 0.370. The SMILES string of the molecule is Cc1ccc2nc3cccc4c3c(c2c1)CN4CCCC1CNCCO1. The summed E-state index contributed by atoms with van der Waals surface area (Å²) in [6.07, 6.45) is 2.64. The third-order valence-electron chi connectivity index (χ3n) is 5.69. The van der Waals surface area contributed by atoms with Gasteiger partial charge in [-0.2, -0.15) is 0 Å². The van der Waals surface area contributed by atoms with Gasteiger partial charge in [-0.15, -0.1) is 0 Å². The van der Waals surface area contributed by atoms with Crippen molar-refractivity contribution in [1.82, 2.24) is 10.3 Å². The molecular weight excluding hydrogens is 322 g/mol. The number of rotatable bonds is 4. The third kappa shape index (κ3) is 2.74. The van der Waals surface area contributed by atoms with E-state index in [0.29, 0.717) is 6.10 Å². The number of ether oxygens (including phenoxy) is 1. The van der Waals surface area contributed by atoms with Crippen molar-refractivity contribution in [1.29, 1.82) is 0 Å². The van der Waals surface area contributed by atoms with Crippen LogP contribution in [0.15, 0.2) is 36.4 Å². The zero-order valence-corrected chi connectivity index (χ0v) is 15.3. The summed E-state index contributed by atoms with van der Waals surface area (Å²) in [4.78, 5) is 7.44. The van der Waals surface area contributed by atoms with Gasteiger partial charge in [-0.25, -0.2) is 4.98 Å². The molecule has 0 saturated carbocycles. The Morgan fingerprint density at radius 3 is 3.08 bits per heavy atom. The van der Waals surface area contributed by atoms with E-state index >= 15 is 0 Å². The van der Waals surface area contributed by atoms with Crippen LogP contribution in [-0.2, 0) is 11.3 Å². The number of aromatic nitrogens is 1. The fourth-order valence-electron chi connectivity index (χ4n) is 4.40. The number of hydrogen-bond donors (Lipinski definition) is 1. The van der Waals surface area contributed by atoms with E-state index in [1.807, 2.05) is 0 Å². The lowest BCUT2D eigenvalue weighted by molar-refractivity contribution is 0.0228. The van der Waals surface area contributed by atoms with Gasteiger partial charge in [0.2, 0.25) is 0 Å². The number of nitrogens with zero attached hydrogens (tertiary/aromatic N) is 2. The first-order valence-corrected chi connectivity index (χ1v) is 9.69. The third-order valence-corrected chi connectivity index (χ3v) is 5.69. The minimum atomic E-state index is 0.370. The van der Waals surface area contributed by atoms with Crippen LogP contribution in [0.5, 0.6) is 0 Å². The van der Waals surface area contributed by atoms with Gasteiger partial charge < -0.3 is 15.0 Å². The van der Waals surface area contributed by atoms with E-state index in [1.165, 1.54) is 27.6 Å². The van der Waals surface area contributed by atoms with Gasteiger partial charge >= 0.3 is 0 Å². The number of fused-ring (bicyclic) bond motifs is 2. The lowest BCUT2D eigenvalue weighted by Gasteiger charge is -2.25. The zero-order chi connectivity index (χ0) is 17.5. The molecule has 0 bridgehead atoms. The quantitative estimate of drug-likeness (QED) is 0.729. The van der Waals surface area contributed by atoms with Gasteiger partial charge in [0.05, 0.1) is 23.7 Å². The predicted molar refractivity (Wildman–Crippen MR) is 107 cm³/mol. The van der Waals surface area contributed by atoms with Gasteiger partial charge in [0.25, 0.3) is 0 Å². The second-order valence-electron chi connectivity index (χ2n) is 7.54. The van der Waals surface area contributed by atoms with Crippen molar-refractivity contribution in [3.05, 3.63) is 47.5 Å². The van der Waals surface area contributed by atoms with E-state index < -0.39 is 0 Å². The van der Waals surface area contributed by atoms with Crippen molar-refractivity contribution < 1.29 is 4.74 Å². The Morgan fingerprint density at radius 1 is 1.23 bits per heavy atom. The highest BCUT2D eigenvalue weighted by atomic mass is 16.5. The molecule has 4 heteroatoms. The molecule has 1 atom stereocenters. The maximum Gasteiger partial charge on any atom is 0.0734 e. The van der Waals surface area contributed by atoms with Crippen LogP contribution < -0.4 is 10.2 Å². The number of benzene rings is 2. The highest BCUT2D eigenvalue weighted by Gasteiger charge is 2.24. The van der Waals surface area contributed by atoms with E-state index in [4.69, 9.17) is 9.72 Å². The average Bonchev–Trinajstić information content (AvgIpc) is 3.04. The molecule has 26 heavy (non-hydrogen) atoms. The predicted octanol–water partition coefficient (Wildman–Crippen LogP) is 3.79. The molecule has 2 aliphatic rings. The Morgan fingerprint density at radius 2 is 2.19 bits per heavy atom. The van der Waals surface area contributed by atoms with Crippen LogP contribution in [0.1, 0.15) is 24.0 Å². The second-order valence-corrected chi connectivity index (χ2v) is 7.54. The Balaban J connectivity index is 1.43. The first-order valence-electron chi connectivity index (χ1n) is 9.69. The Kier molecular flexibility index (Phi) is 4.03. The topological polar surface area (TPSA) is 37.4 Å². The summed E-state index contributed by atoms with van der Waals surface area (Å²) in [6.45, 7) is 7.04. The maximum absolute atomic E-state index is 5.84. The number of pyridine rings is 1. The molecule has 1 aromatic heterocycles. The summed E-state index contributed by atoms with van der Waals surface area (Å²) in [5, 5.41) is 6.08. The number of nitrogens with one attached hydrogen (secondary N) is 1. The molecule has 1 unspecified atom stereocenters. The van der Waals surface area contributed by atoms with Gasteiger partial charge in [-0.3, -0.25) is 0 Å². The van der Waals surface area contributed by atoms with Crippen molar-refractivity contribution in [3.8, 4) is 0 Å². The van der Waals surface area contributed by atoms with Crippen molar-refractivity contribution in [3.63, 3.8) is 0 Å². The van der Waals surface area contributed by atoms with E-state index in [2.05, 4.69) is 53.5 Å². The van der Waals surface area contributed by atoms with Crippen LogP contribution in [-0.4, -0.2) is 37.3 Å². The fourth-order valence-corrected chi connectivity index (χ4v) is 4.40. The average molecular weight is 347 g/mol. The summed E-state index contributed by atoms with van der Waals surface area (Å²) >= 11 is 0. The largest absolute Gasteiger partial charge is 0.376 e. The lowest BCUT2D eigenvalue weighted by atomic mass is 10.0. The first-order chi connectivity index (χ1) is 12.8. The minimum Gasteiger partial charge on any atom is -0.376 e. The molecule has 2 aliphatic heterocycles. The molecule has 1 saturated heterocycles. The van der Waals surface area contributed by atoms with Gasteiger partial charge in [0.1, 0.15) is 0 Å². The summed E-state index contributed by atoms with van der Waals surface area (Å²) in [6, 6.07) is 13.1. The van der Waals surface area contributed by atoms with Gasteiger partial charge in [0.15, 0.2) is 0 Å².